The molecule has 0 saturated heterocycles. The molecule has 3 aromatic carbocycles. The van der Waals surface area contributed by atoms with Gasteiger partial charge in [-0.1, -0.05) is 54.6 Å². The maximum atomic E-state index is 13.5. The van der Waals surface area contributed by atoms with E-state index in [1.807, 2.05) is 66.9 Å². The van der Waals surface area contributed by atoms with E-state index < -0.39 is 5.97 Å². The number of ketones is 1. The van der Waals surface area contributed by atoms with Crippen LogP contribution in [0.15, 0.2) is 66.9 Å². The molecule has 4 rings (SSSR count). The molecule has 146 valence electrons. The minimum Gasteiger partial charge on any atom is -0.481 e. The van der Waals surface area contributed by atoms with Gasteiger partial charge in [0.2, 0.25) is 0 Å². The molecule has 1 heterocycles. The van der Waals surface area contributed by atoms with Crippen molar-refractivity contribution in [2.45, 2.75) is 32.7 Å². The molecule has 4 aromatic rings. The molecule has 1 aromatic heterocycles. The van der Waals surface area contributed by atoms with Crippen LogP contribution in [0, 0.1) is 6.92 Å². The first-order valence-electron chi connectivity index (χ1n) is 9.89. The highest BCUT2D eigenvalue weighted by Gasteiger charge is 2.19. The fourth-order valence-electron chi connectivity index (χ4n) is 3.96. The Labute approximate surface area is 169 Å². The molecule has 0 fully saturated rings. The Morgan fingerprint density at radius 2 is 1.52 bits per heavy atom. The van der Waals surface area contributed by atoms with E-state index in [1.165, 1.54) is 0 Å². The number of aliphatic carboxylic acids is 1. The van der Waals surface area contributed by atoms with Crippen LogP contribution >= 0.6 is 0 Å². The number of nitrogens with zero attached hydrogens (tertiary/aromatic N) is 1. The van der Waals surface area contributed by atoms with E-state index in [0.717, 1.165) is 33.7 Å². The number of carboxylic acid groups (broad SMARTS) is 1. The summed E-state index contributed by atoms with van der Waals surface area (Å²) >= 11 is 0. The molecule has 0 amide bonds. The number of aryl methyl sites for hydroxylation is 2. The van der Waals surface area contributed by atoms with Crippen LogP contribution < -0.4 is 0 Å². The number of rotatable bonds is 7. The van der Waals surface area contributed by atoms with Crippen molar-refractivity contribution in [2.75, 3.05) is 0 Å². The summed E-state index contributed by atoms with van der Waals surface area (Å²) < 4.78 is 2.07. The van der Waals surface area contributed by atoms with Crippen LogP contribution in [0.4, 0.5) is 0 Å². The number of aromatic nitrogens is 1. The van der Waals surface area contributed by atoms with E-state index in [-0.39, 0.29) is 12.2 Å². The number of hydrogen-bond acceptors (Lipinski definition) is 2. The monoisotopic (exact) mass is 385 g/mol. The van der Waals surface area contributed by atoms with Gasteiger partial charge in [0.25, 0.3) is 0 Å². The summed E-state index contributed by atoms with van der Waals surface area (Å²) in [4.78, 5) is 24.3. The number of carboxylic acids is 1. The quantitative estimate of drug-likeness (QED) is 0.333. The normalized spacial score (nSPS) is 11.2. The van der Waals surface area contributed by atoms with Crippen molar-refractivity contribution in [1.82, 2.24) is 4.57 Å². The molecule has 0 saturated carbocycles. The SMILES string of the molecule is Cc1ccc(C(=O)c2cn(CCCCC(=O)O)c3ccccc23)c2ccccc12. The Morgan fingerprint density at radius 3 is 2.28 bits per heavy atom. The number of unbranched alkanes of at least 4 members (excludes halogenated alkanes) is 1. The van der Waals surface area contributed by atoms with Crippen molar-refractivity contribution in [2.24, 2.45) is 0 Å². The molecule has 0 unspecified atom stereocenters. The largest absolute Gasteiger partial charge is 0.481 e. The predicted molar refractivity (Wildman–Crippen MR) is 116 cm³/mol. The van der Waals surface area contributed by atoms with Gasteiger partial charge in [-0.25, -0.2) is 0 Å². The fraction of sp³-hybridized carbons (Fsp3) is 0.200. The highest BCUT2D eigenvalue weighted by Crippen LogP contribution is 2.28. The van der Waals surface area contributed by atoms with Gasteiger partial charge in [0.05, 0.1) is 0 Å². The molecular formula is C25H23NO3. The second-order valence-corrected chi connectivity index (χ2v) is 7.41. The topological polar surface area (TPSA) is 59.3 Å². The van der Waals surface area contributed by atoms with Crippen LogP contribution in [-0.4, -0.2) is 21.4 Å². The van der Waals surface area contributed by atoms with Gasteiger partial charge < -0.3 is 9.67 Å². The van der Waals surface area contributed by atoms with Crippen molar-refractivity contribution >= 4 is 33.4 Å². The Kier molecular flexibility index (Phi) is 5.17. The average molecular weight is 385 g/mol. The fourth-order valence-corrected chi connectivity index (χ4v) is 3.96. The van der Waals surface area contributed by atoms with Gasteiger partial charge in [-0.2, -0.15) is 0 Å². The summed E-state index contributed by atoms with van der Waals surface area (Å²) in [6.45, 7) is 2.75. The van der Waals surface area contributed by atoms with Crippen LogP contribution in [0.25, 0.3) is 21.7 Å². The summed E-state index contributed by atoms with van der Waals surface area (Å²) in [6.07, 6.45) is 3.46. The second-order valence-electron chi connectivity index (χ2n) is 7.41. The summed E-state index contributed by atoms with van der Waals surface area (Å²) in [5.74, 6) is -0.758. The number of benzene rings is 3. The van der Waals surface area contributed by atoms with Crippen LogP contribution in [0.5, 0.6) is 0 Å². The third kappa shape index (κ3) is 3.66. The van der Waals surface area contributed by atoms with Crippen LogP contribution in [0.1, 0.15) is 40.7 Å². The van der Waals surface area contributed by atoms with Gasteiger partial charge in [0.15, 0.2) is 5.78 Å². The van der Waals surface area contributed by atoms with E-state index in [9.17, 15) is 9.59 Å². The lowest BCUT2D eigenvalue weighted by Gasteiger charge is -2.08. The zero-order valence-corrected chi connectivity index (χ0v) is 16.4. The Morgan fingerprint density at radius 1 is 0.828 bits per heavy atom. The molecular weight excluding hydrogens is 362 g/mol. The van der Waals surface area contributed by atoms with Crippen molar-refractivity contribution in [3.8, 4) is 0 Å². The summed E-state index contributed by atoms with van der Waals surface area (Å²) in [7, 11) is 0. The lowest BCUT2D eigenvalue weighted by Crippen LogP contribution is -2.03. The average Bonchev–Trinajstić information content (AvgIpc) is 3.10. The molecule has 0 bridgehead atoms. The van der Waals surface area contributed by atoms with Gasteiger partial charge in [-0.05, 0) is 42.2 Å². The van der Waals surface area contributed by atoms with Crippen LogP contribution in [0.2, 0.25) is 0 Å². The molecule has 1 N–H and O–H groups in total. The zero-order valence-electron chi connectivity index (χ0n) is 16.4. The van der Waals surface area contributed by atoms with Gasteiger partial charge in [0, 0.05) is 41.2 Å². The molecule has 4 heteroatoms. The van der Waals surface area contributed by atoms with Gasteiger partial charge in [-0.15, -0.1) is 0 Å². The van der Waals surface area contributed by atoms with Crippen LogP contribution in [0.3, 0.4) is 0 Å². The minimum atomic E-state index is -0.774. The van der Waals surface area contributed by atoms with E-state index in [0.29, 0.717) is 24.1 Å². The van der Waals surface area contributed by atoms with Crippen molar-refractivity contribution in [1.29, 1.82) is 0 Å². The smallest absolute Gasteiger partial charge is 0.303 e. The first-order valence-corrected chi connectivity index (χ1v) is 9.89. The van der Waals surface area contributed by atoms with Crippen LogP contribution in [-0.2, 0) is 11.3 Å². The maximum absolute atomic E-state index is 13.5. The summed E-state index contributed by atoms with van der Waals surface area (Å²) in [5.41, 5.74) is 3.55. The predicted octanol–water partition coefficient (Wildman–Crippen LogP) is 5.59. The summed E-state index contributed by atoms with van der Waals surface area (Å²) in [5, 5.41) is 11.8. The maximum Gasteiger partial charge on any atom is 0.303 e. The molecule has 4 nitrogen and oxygen atoms in total. The Bertz CT molecular complexity index is 1220. The highest BCUT2D eigenvalue weighted by molar-refractivity contribution is 6.21. The molecule has 0 atom stereocenters. The number of carbonyl (C=O) groups is 2. The molecule has 0 radical (unpaired) electrons. The highest BCUT2D eigenvalue weighted by atomic mass is 16.4. The Balaban J connectivity index is 1.74. The minimum absolute atomic E-state index is 0.0154. The molecule has 0 aliphatic heterocycles. The van der Waals surface area contributed by atoms with Gasteiger partial charge in [0.1, 0.15) is 0 Å². The molecule has 0 aliphatic rings. The van der Waals surface area contributed by atoms with Gasteiger partial charge >= 0.3 is 5.97 Å². The lowest BCUT2D eigenvalue weighted by atomic mass is 9.95. The summed E-state index contributed by atoms with van der Waals surface area (Å²) in [6, 6.07) is 19.8. The van der Waals surface area contributed by atoms with E-state index in [1.54, 1.807) is 0 Å². The standard InChI is InChI=1S/C25H23NO3/c1-17-13-14-21(19-9-3-2-8-18(17)19)25(29)22-16-26(15-7-6-12-24(27)28)23-11-5-4-10-20(22)23/h2-5,8-11,13-14,16H,6-7,12,15H2,1H3,(H,27,28). The second kappa shape index (κ2) is 7.92. The Hall–Kier alpha value is -3.40. The number of fused-ring (bicyclic) bond motifs is 2. The number of para-hydroxylation sites is 1. The third-order valence-corrected chi connectivity index (χ3v) is 5.46. The molecule has 0 aliphatic carbocycles. The van der Waals surface area contributed by atoms with Crippen molar-refractivity contribution in [3.05, 3.63) is 83.6 Å². The van der Waals surface area contributed by atoms with E-state index >= 15 is 0 Å². The molecule has 29 heavy (non-hydrogen) atoms. The van der Waals surface area contributed by atoms with E-state index in [4.69, 9.17) is 5.11 Å². The first-order chi connectivity index (χ1) is 14.1. The van der Waals surface area contributed by atoms with Crippen molar-refractivity contribution < 1.29 is 14.7 Å². The molecule has 0 spiro atoms. The number of carbonyl (C=O) groups excluding carboxylic acids is 1. The van der Waals surface area contributed by atoms with E-state index in [2.05, 4.69) is 11.5 Å². The first kappa shape index (κ1) is 18.9. The van der Waals surface area contributed by atoms with Gasteiger partial charge in [-0.3, -0.25) is 9.59 Å². The number of hydrogen-bond donors (Lipinski definition) is 1. The third-order valence-electron chi connectivity index (χ3n) is 5.46. The lowest BCUT2D eigenvalue weighted by molar-refractivity contribution is -0.137. The zero-order chi connectivity index (χ0) is 20.4. The van der Waals surface area contributed by atoms with Crippen molar-refractivity contribution in [3.63, 3.8) is 0 Å².